The summed E-state index contributed by atoms with van der Waals surface area (Å²) < 4.78 is 0. The summed E-state index contributed by atoms with van der Waals surface area (Å²) in [6.07, 6.45) is 24.7. The maximum atomic E-state index is 3.50. The monoisotopic (exact) mass is 634 g/mol. The number of fused-ring (bicyclic) bond motifs is 3. The van der Waals surface area contributed by atoms with Crippen LogP contribution in [0.4, 0.5) is 17.1 Å². The van der Waals surface area contributed by atoms with E-state index < -0.39 is 0 Å². The molecular formula is C47H42N2. The van der Waals surface area contributed by atoms with Crippen molar-refractivity contribution in [3.8, 4) is 11.8 Å². The zero-order valence-corrected chi connectivity index (χ0v) is 28.4. The Morgan fingerprint density at radius 3 is 2.04 bits per heavy atom. The van der Waals surface area contributed by atoms with E-state index >= 15 is 0 Å². The van der Waals surface area contributed by atoms with Gasteiger partial charge in [-0.2, -0.15) is 0 Å². The SMILES string of the molecule is CC1(C)C2=CC(N(C3=CC=CCC3)c3ccccc3)CC=C2c2ccc(C#Cc3ccc(N(c4ccccc4)C4C=CC=CC4)cc3)cc21. The Hall–Kier alpha value is -5.52. The third-order valence-corrected chi connectivity index (χ3v) is 10.4. The second-order valence-electron chi connectivity index (χ2n) is 13.8. The highest BCUT2D eigenvalue weighted by atomic mass is 15.2. The molecule has 0 amide bonds. The highest BCUT2D eigenvalue weighted by Gasteiger charge is 2.40. The fourth-order valence-electron chi connectivity index (χ4n) is 7.88. The molecule has 0 saturated carbocycles. The molecule has 4 aliphatic rings. The van der Waals surface area contributed by atoms with Crippen molar-refractivity contribution in [3.63, 3.8) is 0 Å². The first-order chi connectivity index (χ1) is 24.1. The van der Waals surface area contributed by atoms with Gasteiger partial charge in [0.05, 0.1) is 12.1 Å². The second-order valence-corrected chi connectivity index (χ2v) is 13.8. The minimum atomic E-state index is -0.105. The predicted molar refractivity (Wildman–Crippen MR) is 207 cm³/mol. The predicted octanol–water partition coefficient (Wildman–Crippen LogP) is 11.2. The van der Waals surface area contributed by atoms with Crippen LogP contribution in [0.1, 0.15) is 61.8 Å². The van der Waals surface area contributed by atoms with E-state index in [-0.39, 0.29) is 17.5 Å². The third-order valence-electron chi connectivity index (χ3n) is 10.4. The molecule has 4 aliphatic carbocycles. The Labute approximate surface area is 291 Å². The van der Waals surface area contributed by atoms with Crippen LogP contribution in [0, 0.1) is 11.8 Å². The van der Waals surface area contributed by atoms with Crippen LogP contribution in [-0.2, 0) is 5.41 Å². The van der Waals surface area contributed by atoms with Gasteiger partial charge < -0.3 is 9.80 Å². The van der Waals surface area contributed by atoms with Crippen LogP contribution in [0.15, 0.2) is 169 Å². The molecule has 8 rings (SSSR count). The Morgan fingerprint density at radius 1 is 0.653 bits per heavy atom. The van der Waals surface area contributed by atoms with E-state index in [9.17, 15) is 0 Å². The van der Waals surface area contributed by atoms with Gasteiger partial charge in [0.1, 0.15) is 0 Å². The van der Waals surface area contributed by atoms with Crippen LogP contribution in [-0.4, -0.2) is 12.1 Å². The van der Waals surface area contributed by atoms with E-state index in [2.05, 4.69) is 193 Å². The highest BCUT2D eigenvalue weighted by Crippen LogP contribution is 2.52. The number of anilines is 3. The summed E-state index contributed by atoms with van der Waals surface area (Å²) in [4.78, 5) is 4.97. The van der Waals surface area contributed by atoms with Crippen LogP contribution < -0.4 is 9.80 Å². The number of benzene rings is 4. The minimum Gasteiger partial charge on any atom is -0.338 e. The lowest BCUT2D eigenvalue weighted by Gasteiger charge is -2.37. The molecule has 4 aromatic carbocycles. The Balaban J connectivity index is 1.06. The largest absolute Gasteiger partial charge is 0.338 e. The molecule has 0 saturated heterocycles. The van der Waals surface area contributed by atoms with E-state index in [4.69, 9.17) is 0 Å². The lowest BCUT2D eigenvalue weighted by atomic mass is 9.79. The quantitative estimate of drug-likeness (QED) is 0.195. The van der Waals surface area contributed by atoms with Gasteiger partial charge >= 0.3 is 0 Å². The van der Waals surface area contributed by atoms with Gasteiger partial charge in [-0.05, 0) is 115 Å². The first kappa shape index (κ1) is 30.8. The first-order valence-corrected chi connectivity index (χ1v) is 17.6. The highest BCUT2D eigenvalue weighted by molar-refractivity contribution is 5.91. The van der Waals surface area contributed by atoms with Crippen molar-refractivity contribution in [1.29, 1.82) is 0 Å². The number of para-hydroxylation sites is 2. The third kappa shape index (κ3) is 6.03. The van der Waals surface area contributed by atoms with Gasteiger partial charge in [-0.15, -0.1) is 0 Å². The number of hydrogen-bond acceptors (Lipinski definition) is 2. The fourth-order valence-corrected chi connectivity index (χ4v) is 7.88. The summed E-state index contributed by atoms with van der Waals surface area (Å²) >= 11 is 0. The molecule has 2 heteroatoms. The number of nitrogens with zero attached hydrogens (tertiary/aromatic N) is 2. The molecule has 0 N–H and O–H groups in total. The lowest BCUT2D eigenvalue weighted by molar-refractivity contribution is 0.638. The van der Waals surface area contributed by atoms with Crippen molar-refractivity contribution in [2.24, 2.45) is 0 Å². The number of allylic oxidation sites excluding steroid dienone is 8. The van der Waals surface area contributed by atoms with Crippen molar-refractivity contribution in [3.05, 3.63) is 191 Å². The molecule has 0 radical (unpaired) electrons. The van der Waals surface area contributed by atoms with E-state index in [0.717, 1.165) is 36.8 Å². The van der Waals surface area contributed by atoms with Gasteiger partial charge in [-0.3, -0.25) is 0 Å². The van der Waals surface area contributed by atoms with Crippen molar-refractivity contribution in [2.45, 2.75) is 57.0 Å². The van der Waals surface area contributed by atoms with Crippen LogP contribution in [0.5, 0.6) is 0 Å². The van der Waals surface area contributed by atoms with Gasteiger partial charge in [0.2, 0.25) is 0 Å². The van der Waals surface area contributed by atoms with Crippen molar-refractivity contribution < 1.29 is 0 Å². The number of rotatable bonds is 6. The molecule has 0 heterocycles. The summed E-state index contributed by atoms with van der Waals surface area (Å²) in [5, 5.41) is 0. The molecule has 2 nitrogen and oxygen atoms in total. The second kappa shape index (κ2) is 13.2. The molecule has 0 fully saturated rings. The van der Waals surface area contributed by atoms with E-state index in [1.165, 1.54) is 45.0 Å². The van der Waals surface area contributed by atoms with E-state index in [1.54, 1.807) is 0 Å². The summed E-state index contributed by atoms with van der Waals surface area (Å²) in [5.74, 6) is 6.96. The van der Waals surface area contributed by atoms with Gasteiger partial charge in [-0.1, -0.05) is 117 Å². The molecule has 49 heavy (non-hydrogen) atoms. The van der Waals surface area contributed by atoms with Gasteiger partial charge in [0.15, 0.2) is 0 Å². The van der Waals surface area contributed by atoms with E-state index in [1.807, 2.05) is 0 Å². The standard InChI is InChI=1S/C47H42N2/c1-47(2)45-33-36(24-23-35-25-28-41(29-26-35)48(37-15-7-3-8-16-37)38-17-9-4-10-18-38)27-31-43(45)44-32-30-42(34-46(44)47)49(39-19-11-5-12-20-39)40-21-13-6-14-22-40/h3-13,15-17,19-21,25-29,31-34,38,42H,14,18,22,30H2,1-2H3. The molecule has 2 unspecified atom stereocenters. The summed E-state index contributed by atoms with van der Waals surface area (Å²) in [7, 11) is 0. The molecule has 0 bridgehead atoms. The Bertz CT molecular complexity index is 2090. The summed E-state index contributed by atoms with van der Waals surface area (Å²) in [6, 6.07) is 37.6. The average molecular weight is 635 g/mol. The van der Waals surface area contributed by atoms with Gasteiger partial charge in [0.25, 0.3) is 0 Å². The molecule has 4 aromatic rings. The molecule has 2 atom stereocenters. The maximum Gasteiger partial charge on any atom is 0.0560 e. The van der Waals surface area contributed by atoms with Crippen LogP contribution in [0.3, 0.4) is 0 Å². The van der Waals surface area contributed by atoms with Crippen molar-refractivity contribution in [2.75, 3.05) is 9.80 Å². The van der Waals surface area contributed by atoms with Crippen LogP contribution in [0.2, 0.25) is 0 Å². The fraction of sp³-hybridized carbons (Fsp3) is 0.191. The zero-order chi connectivity index (χ0) is 33.2. The van der Waals surface area contributed by atoms with Crippen molar-refractivity contribution in [1.82, 2.24) is 0 Å². The zero-order valence-electron chi connectivity index (χ0n) is 28.4. The average Bonchev–Trinajstić information content (AvgIpc) is 3.38. The lowest BCUT2D eigenvalue weighted by Crippen LogP contribution is -2.35. The molecular weight excluding hydrogens is 593 g/mol. The first-order valence-electron chi connectivity index (χ1n) is 17.6. The Kier molecular flexibility index (Phi) is 8.28. The molecule has 0 spiro atoms. The Morgan fingerprint density at radius 2 is 1.35 bits per heavy atom. The van der Waals surface area contributed by atoms with Crippen LogP contribution in [0.25, 0.3) is 5.57 Å². The minimum absolute atomic E-state index is 0.105. The normalized spacial score (nSPS) is 19.8. The maximum absolute atomic E-state index is 3.50. The molecule has 0 aromatic heterocycles. The summed E-state index contributed by atoms with van der Waals surface area (Å²) in [5.41, 5.74) is 12.5. The molecule has 0 aliphatic heterocycles. The van der Waals surface area contributed by atoms with Crippen molar-refractivity contribution >= 4 is 22.6 Å². The smallest absolute Gasteiger partial charge is 0.0560 e. The van der Waals surface area contributed by atoms with Gasteiger partial charge in [-0.25, -0.2) is 0 Å². The topological polar surface area (TPSA) is 6.48 Å². The summed E-state index contributed by atoms with van der Waals surface area (Å²) in [6.45, 7) is 4.75. The van der Waals surface area contributed by atoms with Gasteiger partial charge in [0, 0.05) is 39.3 Å². The van der Waals surface area contributed by atoms with Crippen LogP contribution >= 0.6 is 0 Å². The molecule has 240 valence electrons. The van der Waals surface area contributed by atoms with E-state index in [0.29, 0.717) is 0 Å². The number of hydrogen-bond donors (Lipinski definition) is 0.